The molecule has 0 spiro atoms. The van der Waals surface area contributed by atoms with Crippen molar-refractivity contribution in [2.75, 3.05) is 6.61 Å². The van der Waals surface area contributed by atoms with Gasteiger partial charge in [-0.3, -0.25) is 19.5 Å². The van der Waals surface area contributed by atoms with E-state index in [1.165, 1.54) is 28.0 Å². The van der Waals surface area contributed by atoms with Crippen LogP contribution in [0.4, 0.5) is 5.69 Å². The lowest BCUT2D eigenvalue weighted by Gasteiger charge is -2.25. The zero-order chi connectivity index (χ0) is 25.9. The van der Waals surface area contributed by atoms with Gasteiger partial charge in [0.05, 0.1) is 33.4 Å². The van der Waals surface area contributed by atoms with E-state index in [4.69, 9.17) is 9.73 Å². The standard InChI is InChI=1S/C28H21N3O5S/c1-2-36-27(33)23-24(19-11-5-3-6-12-19)29-28-30(25(23)20-13-7-4-8-14-20)26(32)22(37-28)17-18-10-9-15-21(16-18)31(34)35/h3-17,25H,2H2,1H3/b22-17-/t25-/m0/s1. The molecule has 0 fully saturated rings. The first-order valence-corrected chi connectivity index (χ1v) is 12.4. The van der Waals surface area contributed by atoms with Gasteiger partial charge in [0.2, 0.25) is 0 Å². The van der Waals surface area contributed by atoms with Crippen molar-refractivity contribution in [2.24, 2.45) is 4.99 Å². The molecular formula is C28H21N3O5S. The molecule has 1 aliphatic rings. The molecule has 37 heavy (non-hydrogen) atoms. The number of fused-ring (bicyclic) bond motifs is 1. The summed E-state index contributed by atoms with van der Waals surface area (Å²) >= 11 is 1.17. The number of nitro groups is 1. The molecule has 2 heterocycles. The maximum Gasteiger partial charge on any atom is 0.338 e. The third-order valence-electron chi connectivity index (χ3n) is 5.87. The smallest absolute Gasteiger partial charge is 0.338 e. The van der Waals surface area contributed by atoms with Crippen LogP contribution in [0, 0.1) is 10.1 Å². The predicted octanol–water partition coefficient (Wildman–Crippen LogP) is 3.84. The predicted molar refractivity (Wildman–Crippen MR) is 141 cm³/mol. The summed E-state index contributed by atoms with van der Waals surface area (Å²) in [4.78, 5) is 43.1. The second kappa shape index (κ2) is 10.2. The fourth-order valence-corrected chi connectivity index (χ4v) is 5.27. The summed E-state index contributed by atoms with van der Waals surface area (Å²) in [6.45, 7) is 1.90. The molecule has 1 aliphatic heterocycles. The summed E-state index contributed by atoms with van der Waals surface area (Å²) < 4.78 is 7.28. The number of ether oxygens (including phenoxy) is 1. The first kappa shape index (κ1) is 24.1. The van der Waals surface area contributed by atoms with E-state index in [-0.39, 0.29) is 23.4 Å². The summed E-state index contributed by atoms with van der Waals surface area (Å²) in [5, 5.41) is 11.2. The second-order valence-corrected chi connectivity index (χ2v) is 9.20. The molecule has 9 heteroatoms. The number of thiazole rings is 1. The van der Waals surface area contributed by atoms with Gasteiger partial charge in [0.25, 0.3) is 11.2 Å². The van der Waals surface area contributed by atoms with Gasteiger partial charge in [-0.1, -0.05) is 84.1 Å². The highest BCUT2D eigenvalue weighted by Gasteiger charge is 2.35. The van der Waals surface area contributed by atoms with E-state index in [0.717, 1.165) is 11.1 Å². The van der Waals surface area contributed by atoms with Crippen LogP contribution in [0.15, 0.2) is 100 Å². The monoisotopic (exact) mass is 511 g/mol. The Labute approximate surface area is 215 Å². The van der Waals surface area contributed by atoms with E-state index < -0.39 is 16.9 Å². The number of rotatable bonds is 6. The second-order valence-electron chi connectivity index (χ2n) is 8.19. The topological polar surface area (TPSA) is 104 Å². The Morgan fingerprint density at radius 2 is 1.78 bits per heavy atom. The van der Waals surface area contributed by atoms with Gasteiger partial charge in [-0.15, -0.1) is 0 Å². The van der Waals surface area contributed by atoms with Crippen molar-refractivity contribution in [3.05, 3.63) is 137 Å². The number of carbonyl (C=O) groups excluding carboxylic acids is 1. The van der Waals surface area contributed by atoms with Crippen molar-refractivity contribution in [3.8, 4) is 0 Å². The zero-order valence-corrected chi connectivity index (χ0v) is 20.6. The molecule has 0 saturated heterocycles. The SMILES string of the molecule is CCOC(=O)C1=C(c2ccccc2)N=c2s/c(=C\c3cccc([N+](=O)[O-])c3)c(=O)n2[C@H]1c1ccccc1. The fourth-order valence-electron chi connectivity index (χ4n) is 4.27. The number of hydrogen-bond donors (Lipinski definition) is 0. The van der Waals surface area contributed by atoms with Crippen molar-refractivity contribution in [1.82, 2.24) is 4.57 Å². The minimum absolute atomic E-state index is 0.0698. The van der Waals surface area contributed by atoms with E-state index in [2.05, 4.69) is 0 Å². The van der Waals surface area contributed by atoms with Crippen molar-refractivity contribution >= 4 is 34.8 Å². The molecule has 0 aliphatic carbocycles. The number of aromatic nitrogens is 1. The van der Waals surface area contributed by atoms with Crippen LogP contribution in [0.2, 0.25) is 0 Å². The normalized spacial score (nSPS) is 15.2. The summed E-state index contributed by atoms with van der Waals surface area (Å²) in [6, 6.07) is 23.9. The van der Waals surface area contributed by atoms with E-state index in [1.807, 2.05) is 60.7 Å². The highest BCUT2D eigenvalue weighted by atomic mass is 32.1. The molecule has 3 aromatic carbocycles. The Hall–Kier alpha value is -4.63. The third kappa shape index (κ3) is 4.64. The number of benzene rings is 3. The van der Waals surface area contributed by atoms with E-state index in [9.17, 15) is 19.7 Å². The van der Waals surface area contributed by atoms with Gasteiger partial charge in [0, 0.05) is 17.7 Å². The number of esters is 1. The van der Waals surface area contributed by atoms with Crippen molar-refractivity contribution in [2.45, 2.75) is 13.0 Å². The quantitative estimate of drug-likeness (QED) is 0.222. The van der Waals surface area contributed by atoms with Crippen LogP contribution in [0.3, 0.4) is 0 Å². The molecule has 8 nitrogen and oxygen atoms in total. The molecule has 0 bridgehead atoms. The molecule has 0 amide bonds. The van der Waals surface area contributed by atoms with Crippen molar-refractivity contribution in [3.63, 3.8) is 0 Å². The molecule has 0 N–H and O–H groups in total. The molecule has 184 valence electrons. The first-order chi connectivity index (χ1) is 18.0. The van der Waals surface area contributed by atoms with E-state index in [0.29, 0.717) is 20.6 Å². The van der Waals surface area contributed by atoms with Crippen molar-refractivity contribution in [1.29, 1.82) is 0 Å². The molecule has 1 aromatic heterocycles. The maximum atomic E-state index is 13.8. The Morgan fingerprint density at radius 3 is 2.46 bits per heavy atom. The number of nitrogens with zero attached hydrogens (tertiary/aromatic N) is 3. The van der Waals surface area contributed by atoms with Gasteiger partial charge in [-0.2, -0.15) is 0 Å². The molecule has 0 radical (unpaired) electrons. The summed E-state index contributed by atoms with van der Waals surface area (Å²) in [5.74, 6) is -0.549. The molecular weight excluding hydrogens is 490 g/mol. The molecule has 0 saturated carbocycles. The Kier molecular flexibility index (Phi) is 6.61. The number of hydrogen-bond acceptors (Lipinski definition) is 7. The fraction of sp³-hybridized carbons (Fsp3) is 0.107. The van der Waals surface area contributed by atoms with Gasteiger partial charge in [-0.05, 0) is 24.1 Å². The number of non-ortho nitro benzene ring substituents is 1. The molecule has 0 unspecified atom stereocenters. The van der Waals surface area contributed by atoms with Crippen LogP contribution in [0.5, 0.6) is 0 Å². The van der Waals surface area contributed by atoms with Gasteiger partial charge >= 0.3 is 5.97 Å². The van der Waals surface area contributed by atoms with Crippen LogP contribution < -0.4 is 14.9 Å². The Bertz CT molecular complexity index is 1710. The summed E-state index contributed by atoms with van der Waals surface area (Å²) in [7, 11) is 0. The van der Waals surface area contributed by atoms with Crippen LogP contribution in [0.25, 0.3) is 11.8 Å². The molecule has 5 rings (SSSR count). The lowest BCUT2D eigenvalue weighted by molar-refractivity contribution is -0.384. The largest absolute Gasteiger partial charge is 0.463 e. The van der Waals surface area contributed by atoms with Gasteiger partial charge in [-0.25, -0.2) is 9.79 Å². The van der Waals surface area contributed by atoms with E-state index >= 15 is 0 Å². The van der Waals surface area contributed by atoms with Crippen LogP contribution in [-0.4, -0.2) is 22.1 Å². The number of nitro benzene ring substituents is 1. The summed E-state index contributed by atoms with van der Waals surface area (Å²) in [6.07, 6.45) is 1.61. The van der Waals surface area contributed by atoms with Gasteiger partial charge in [0.1, 0.15) is 0 Å². The van der Waals surface area contributed by atoms with Crippen LogP contribution >= 0.6 is 11.3 Å². The first-order valence-electron chi connectivity index (χ1n) is 11.6. The minimum Gasteiger partial charge on any atom is -0.463 e. The summed E-state index contributed by atoms with van der Waals surface area (Å²) in [5.41, 5.74) is 2.27. The van der Waals surface area contributed by atoms with Crippen LogP contribution in [0.1, 0.15) is 29.7 Å². The number of carbonyl (C=O) groups is 1. The van der Waals surface area contributed by atoms with Crippen molar-refractivity contribution < 1.29 is 14.5 Å². The van der Waals surface area contributed by atoms with Crippen LogP contribution in [-0.2, 0) is 9.53 Å². The Balaban J connectivity index is 1.81. The van der Waals surface area contributed by atoms with E-state index in [1.54, 1.807) is 25.1 Å². The molecule has 4 aromatic rings. The Morgan fingerprint density at radius 1 is 1.08 bits per heavy atom. The average Bonchev–Trinajstić information content (AvgIpc) is 3.23. The average molecular weight is 512 g/mol. The zero-order valence-electron chi connectivity index (χ0n) is 19.7. The molecule has 1 atom stereocenters. The lowest BCUT2D eigenvalue weighted by Crippen LogP contribution is -2.39. The maximum absolute atomic E-state index is 13.8. The van der Waals surface area contributed by atoms with Gasteiger partial charge < -0.3 is 4.74 Å². The highest BCUT2D eigenvalue weighted by Crippen LogP contribution is 2.35. The third-order valence-corrected chi connectivity index (χ3v) is 6.85. The highest BCUT2D eigenvalue weighted by molar-refractivity contribution is 7.07. The lowest BCUT2D eigenvalue weighted by atomic mass is 9.93. The van der Waals surface area contributed by atoms with Gasteiger partial charge in [0.15, 0.2) is 4.80 Å². The minimum atomic E-state index is -0.765.